The third-order valence-corrected chi connectivity index (χ3v) is 5.37. The number of benzene rings is 1. The molecule has 1 aromatic carbocycles. The highest BCUT2D eigenvalue weighted by atomic mass is 32.2. The second-order valence-electron chi connectivity index (χ2n) is 6.85. The molecule has 2 aliphatic heterocycles. The van der Waals surface area contributed by atoms with Gasteiger partial charge in [-0.25, -0.2) is 4.79 Å². The van der Waals surface area contributed by atoms with Crippen LogP contribution in [0.15, 0.2) is 30.3 Å². The molecule has 0 saturated carbocycles. The quantitative estimate of drug-likeness (QED) is 0.787. The van der Waals surface area contributed by atoms with Gasteiger partial charge in [-0.3, -0.25) is 14.5 Å². The fourth-order valence-electron chi connectivity index (χ4n) is 3.32. The van der Waals surface area contributed by atoms with E-state index in [9.17, 15) is 14.4 Å². The zero-order chi connectivity index (χ0) is 20.1. The molecule has 2 aliphatic rings. The van der Waals surface area contributed by atoms with Gasteiger partial charge < -0.3 is 15.0 Å². The Morgan fingerprint density at radius 2 is 2.04 bits per heavy atom. The van der Waals surface area contributed by atoms with E-state index in [-0.39, 0.29) is 17.9 Å². The van der Waals surface area contributed by atoms with Gasteiger partial charge in [0.25, 0.3) is 0 Å². The molecule has 1 fully saturated rings. The van der Waals surface area contributed by atoms with Crippen molar-refractivity contribution in [2.45, 2.75) is 19.4 Å². The minimum atomic E-state index is -0.400. The van der Waals surface area contributed by atoms with E-state index in [4.69, 9.17) is 4.74 Å². The first-order chi connectivity index (χ1) is 13.5. The fraction of sp³-hybridized carbons (Fsp3) is 0.450. The van der Waals surface area contributed by atoms with Crippen LogP contribution in [0.25, 0.3) is 5.57 Å². The van der Waals surface area contributed by atoms with Crippen LogP contribution >= 0.6 is 11.8 Å². The van der Waals surface area contributed by atoms with Crippen LogP contribution in [0.4, 0.5) is 10.5 Å². The molecule has 28 heavy (non-hydrogen) atoms. The predicted octanol–water partition coefficient (Wildman–Crippen LogP) is 2.13. The van der Waals surface area contributed by atoms with Crippen LogP contribution in [0.1, 0.15) is 18.9 Å². The molecule has 0 radical (unpaired) electrons. The van der Waals surface area contributed by atoms with E-state index in [0.29, 0.717) is 25.4 Å². The topological polar surface area (TPSA) is 79.0 Å². The zero-order valence-corrected chi connectivity index (χ0v) is 17.0. The molecule has 0 spiro atoms. The van der Waals surface area contributed by atoms with Crippen molar-refractivity contribution in [1.82, 2.24) is 10.2 Å². The predicted molar refractivity (Wildman–Crippen MR) is 110 cm³/mol. The molecule has 0 aliphatic carbocycles. The summed E-state index contributed by atoms with van der Waals surface area (Å²) >= 11 is 1.54. The van der Waals surface area contributed by atoms with Gasteiger partial charge in [-0.1, -0.05) is 18.2 Å². The molecule has 3 rings (SSSR count). The lowest BCUT2D eigenvalue weighted by molar-refractivity contribution is -0.128. The Kier molecular flexibility index (Phi) is 6.61. The zero-order valence-electron chi connectivity index (χ0n) is 16.1. The van der Waals surface area contributed by atoms with Crippen LogP contribution in [0.5, 0.6) is 0 Å². The minimum Gasteiger partial charge on any atom is -0.442 e. The Morgan fingerprint density at radius 3 is 2.64 bits per heavy atom. The number of nitrogens with one attached hydrogen (secondary N) is 1. The summed E-state index contributed by atoms with van der Waals surface area (Å²) in [7, 11) is 0. The van der Waals surface area contributed by atoms with Crippen LogP contribution in [-0.4, -0.2) is 67.1 Å². The van der Waals surface area contributed by atoms with Crippen LogP contribution in [0.2, 0.25) is 0 Å². The van der Waals surface area contributed by atoms with Crippen molar-refractivity contribution >= 4 is 40.9 Å². The third-order valence-electron chi connectivity index (χ3n) is 4.83. The normalized spacial score (nSPS) is 19.3. The standard InChI is InChI=1S/C20H25N3O4S/c1-14(24)21-11-18-12-23(20(26)27-18)17-5-3-15(4-6-17)16-7-9-22(10-8-16)19(25)13-28-2/h3-7,18H,8-13H2,1-2H3,(H,21,24)/t18-/m0/s1. The molecule has 1 saturated heterocycles. The number of amides is 3. The molecule has 1 aromatic rings. The molecule has 1 N–H and O–H groups in total. The molecular weight excluding hydrogens is 378 g/mol. The van der Waals surface area contributed by atoms with Gasteiger partial charge >= 0.3 is 6.09 Å². The van der Waals surface area contributed by atoms with Crippen LogP contribution in [-0.2, 0) is 14.3 Å². The first-order valence-electron chi connectivity index (χ1n) is 9.26. The summed E-state index contributed by atoms with van der Waals surface area (Å²) in [6.07, 6.45) is 4.11. The van der Waals surface area contributed by atoms with E-state index in [1.807, 2.05) is 35.4 Å². The maximum absolute atomic E-state index is 12.1. The molecule has 0 bridgehead atoms. The van der Waals surface area contributed by atoms with Gasteiger partial charge in [-0.05, 0) is 35.9 Å². The number of carbonyl (C=O) groups excluding carboxylic acids is 3. The summed E-state index contributed by atoms with van der Waals surface area (Å²) in [4.78, 5) is 38.6. The minimum absolute atomic E-state index is 0.145. The molecule has 0 unspecified atom stereocenters. The average molecular weight is 404 g/mol. The van der Waals surface area contributed by atoms with Gasteiger partial charge in [-0.2, -0.15) is 11.8 Å². The van der Waals surface area contributed by atoms with Crippen molar-refractivity contribution in [2.75, 3.05) is 43.1 Å². The highest BCUT2D eigenvalue weighted by Gasteiger charge is 2.32. The number of cyclic esters (lactones) is 1. The first-order valence-corrected chi connectivity index (χ1v) is 10.7. The summed E-state index contributed by atoms with van der Waals surface area (Å²) in [5.74, 6) is 0.556. The number of hydrogen-bond donors (Lipinski definition) is 1. The Labute approximate surface area is 169 Å². The molecule has 7 nitrogen and oxygen atoms in total. The lowest BCUT2D eigenvalue weighted by Crippen LogP contribution is -2.35. The van der Waals surface area contributed by atoms with Gasteiger partial charge in [0.15, 0.2) is 0 Å². The Hall–Kier alpha value is -2.48. The van der Waals surface area contributed by atoms with Crippen LogP contribution < -0.4 is 10.2 Å². The van der Waals surface area contributed by atoms with Crippen molar-refractivity contribution in [3.8, 4) is 0 Å². The van der Waals surface area contributed by atoms with Crippen LogP contribution in [0, 0.1) is 0 Å². The van der Waals surface area contributed by atoms with Crippen molar-refractivity contribution in [3.63, 3.8) is 0 Å². The van der Waals surface area contributed by atoms with E-state index < -0.39 is 6.09 Å². The molecule has 2 heterocycles. The Bertz CT molecular complexity index is 778. The van der Waals surface area contributed by atoms with Gasteiger partial charge in [0.2, 0.25) is 11.8 Å². The van der Waals surface area contributed by atoms with Gasteiger partial charge in [0.05, 0.1) is 18.8 Å². The van der Waals surface area contributed by atoms with Gasteiger partial charge in [-0.15, -0.1) is 0 Å². The van der Waals surface area contributed by atoms with Crippen molar-refractivity contribution in [1.29, 1.82) is 0 Å². The van der Waals surface area contributed by atoms with E-state index in [2.05, 4.69) is 11.4 Å². The fourth-order valence-corrected chi connectivity index (χ4v) is 3.75. The van der Waals surface area contributed by atoms with Crippen LogP contribution in [0.3, 0.4) is 0 Å². The maximum Gasteiger partial charge on any atom is 0.414 e. The smallest absolute Gasteiger partial charge is 0.414 e. The van der Waals surface area contributed by atoms with Gasteiger partial charge in [0, 0.05) is 25.7 Å². The monoisotopic (exact) mass is 403 g/mol. The number of carbonyl (C=O) groups is 3. The molecule has 3 amide bonds. The summed E-state index contributed by atoms with van der Waals surface area (Å²) in [6, 6.07) is 7.80. The van der Waals surface area contributed by atoms with E-state index in [1.165, 1.54) is 12.5 Å². The van der Waals surface area contributed by atoms with Gasteiger partial charge in [0.1, 0.15) is 6.10 Å². The first kappa shape index (κ1) is 20.3. The molecule has 8 heteroatoms. The van der Waals surface area contributed by atoms with E-state index >= 15 is 0 Å². The Balaban J connectivity index is 1.60. The molecule has 150 valence electrons. The van der Waals surface area contributed by atoms with E-state index in [1.54, 1.807) is 16.7 Å². The number of rotatable bonds is 6. The largest absolute Gasteiger partial charge is 0.442 e. The van der Waals surface area contributed by atoms with Crippen molar-refractivity contribution in [3.05, 3.63) is 35.9 Å². The van der Waals surface area contributed by atoms with E-state index in [0.717, 1.165) is 24.2 Å². The second kappa shape index (κ2) is 9.14. The number of thioether (sulfide) groups is 1. The average Bonchev–Trinajstić information content (AvgIpc) is 3.07. The van der Waals surface area contributed by atoms with Crippen molar-refractivity contribution < 1.29 is 19.1 Å². The highest BCUT2D eigenvalue weighted by Crippen LogP contribution is 2.27. The number of hydrogen-bond acceptors (Lipinski definition) is 5. The molecule has 0 aromatic heterocycles. The summed E-state index contributed by atoms with van der Waals surface area (Å²) < 4.78 is 5.30. The number of anilines is 1. The highest BCUT2D eigenvalue weighted by molar-refractivity contribution is 7.99. The third kappa shape index (κ3) is 4.86. The summed E-state index contributed by atoms with van der Waals surface area (Å²) in [6.45, 7) is 3.53. The molecule has 1 atom stereocenters. The molecular formula is C20H25N3O4S. The lowest BCUT2D eigenvalue weighted by atomic mass is 9.99. The SMILES string of the molecule is CSCC(=O)N1CC=C(c2ccc(N3C[C@H](CNC(C)=O)OC3=O)cc2)CC1. The summed E-state index contributed by atoms with van der Waals surface area (Å²) in [5.41, 5.74) is 3.09. The maximum atomic E-state index is 12.1. The number of nitrogens with zero attached hydrogens (tertiary/aromatic N) is 2. The number of ether oxygens (including phenoxy) is 1. The lowest BCUT2D eigenvalue weighted by Gasteiger charge is -2.26. The Morgan fingerprint density at radius 1 is 1.29 bits per heavy atom. The summed E-state index contributed by atoms with van der Waals surface area (Å²) in [5, 5.41) is 2.67. The van der Waals surface area contributed by atoms with Crippen molar-refractivity contribution in [2.24, 2.45) is 0 Å². The second-order valence-corrected chi connectivity index (χ2v) is 7.72.